The first-order valence-corrected chi connectivity index (χ1v) is 24.2. The number of aliphatic hydroxyl groups excluding tert-OH is 4. The number of hydrogen-bond acceptors (Lipinski definition) is 10. The van der Waals surface area contributed by atoms with Crippen LogP contribution in [0.15, 0.2) is 85.5 Å². The number of nitrogens with one attached hydrogen (secondary N) is 2. The van der Waals surface area contributed by atoms with Crippen molar-refractivity contribution in [2.75, 3.05) is 87.0 Å². The van der Waals surface area contributed by atoms with Crippen LogP contribution in [-0.4, -0.2) is 109 Å². The monoisotopic (exact) mass is 882 g/mol. The molecular weight excluding hydrogens is 821 g/mol. The number of allylic oxidation sites excluding steroid dienone is 2. The number of nitrogens with zero attached hydrogens (tertiary/aromatic N) is 4. The Morgan fingerprint density at radius 1 is 0.565 bits per heavy atom. The van der Waals surface area contributed by atoms with Crippen LogP contribution in [0.5, 0.6) is 0 Å². The zero-order valence-electron chi connectivity index (χ0n) is 35.6. The van der Waals surface area contributed by atoms with Crippen LogP contribution in [0, 0.1) is 0 Å². The summed E-state index contributed by atoms with van der Waals surface area (Å²) in [5, 5.41) is 43.6. The van der Waals surface area contributed by atoms with E-state index >= 15 is 0 Å². The number of aliphatic hydroxyl groups is 4. The Balaban J connectivity index is 0.871. The van der Waals surface area contributed by atoms with Crippen molar-refractivity contribution < 1.29 is 39.1 Å². The Labute approximate surface area is 373 Å². The van der Waals surface area contributed by atoms with Gasteiger partial charge in [0.15, 0.2) is 24.8 Å². The molecule has 0 unspecified atom stereocenters. The predicted molar refractivity (Wildman–Crippen MR) is 251 cm³/mol. The van der Waals surface area contributed by atoms with E-state index in [4.69, 9.17) is 0 Å². The molecule has 0 saturated heterocycles. The van der Waals surface area contributed by atoms with Crippen molar-refractivity contribution in [3.8, 4) is 0 Å². The first kappa shape index (κ1) is 46.8. The van der Waals surface area contributed by atoms with E-state index in [1.54, 1.807) is 21.6 Å². The fraction of sp³-hybridized carbons (Fsp3) is 0.417. The minimum Gasteiger partial charge on any atom is -0.395 e. The highest BCUT2D eigenvalue weighted by Crippen LogP contribution is 2.33. The van der Waals surface area contributed by atoms with Crippen molar-refractivity contribution in [3.63, 3.8) is 0 Å². The van der Waals surface area contributed by atoms with E-state index in [9.17, 15) is 30.0 Å². The van der Waals surface area contributed by atoms with Crippen LogP contribution in [0.3, 0.4) is 0 Å². The maximum atomic E-state index is 12.8. The summed E-state index contributed by atoms with van der Waals surface area (Å²) in [6.07, 6.45) is 18.7. The number of carbonyl (C=O) groups excluding carboxylic acids is 2. The third kappa shape index (κ3) is 13.9. The molecule has 2 aliphatic rings. The first-order chi connectivity index (χ1) is 30.4. The minimum absolute atomic E-state index is 0.0181. The van der Waals surface area contributed by atoms with Gasteiger partial charge in [-0.05, 0) is 96.2 Å². The molecule has 0 bridgehead atoms. The summed E-state index contributed by atoms with van der Waals surface area (Å²) in [6.45, 7) is 3.74. The molecule has 0 fully saturated rings. The predicted octanol–water partition coefficient (Wildman–Crippen LogP) is 3.91. The molecule has 0 radical (unpaired) electrons. The summed E-state index contributed by atoms with van der Waals surface area (Å²) in [4.78, 5) is 29.5. The third-order valence-electron chi connectivity index (χ3n) is 11.1. The number of aryl methyl sites for hydroxylation is 2. The van der Waals surface area contributed by atoms with Crippen LogP contribution in [-0.2, 0) is 35.5 Å². The van der Waals surface area contributed by atoms with Crippen LogP contribution in [0.2, 0.25) is 0 Å². The van der Waals surface area contributed by atoms with Gasteiger partial charge >= 0.3 is 0 Å². The van der Waals surface area contributed by atoms with Crippen molar-refractivity contribution in [3.05, 3.63) is 119 Å². The van der Waals surface area contributed by atoms with Gasteiger partial charge in [-0.1, -0.05) is 58.0 Å². The highest BCUT2D eigenvalue weighted by molar-refractivity contribution is 8.76. The summed E-state index contributed by atoms with van der Waals surface area (Å²) >= 11 is 0. The average Bonchev–Trinajstić information content (AvgIpc) is 3.28. The third-order valence-corrected chi connectivity index (χ3v) is 13.5. The van der Waals surface area contributed by atoms with E-state index in [-0.39, 0.29) is 51.3 Å². The van der Waals surface area contributed by atoms with Crippen molar-refractivity contribution in [1.82, 2.24) is 10.6 Å². The normalized spacial score (nSPS) is 14.6. The van der Waals surface area contributed by atoms with Gasteiger partial charge in [0.05, 0.1) is 26.4 Å². The summed E-state index contributed by atoms with van der Waals surface area (Å²) in [7, 11) is 3.38. The number of pyridine rings is 2. The van der Waals surface area contributed by atoms with E-state index < -0.39 is 0 Å². The molecule has 330 valence electrons. The van der Waals surface area contributed by atoms with Gasteiger partial charge in [-0.25, -0.2) is 0 Å². The molecule has 2 amide bonds. The Hall–Kier alpha value is -4.70. The van der Waals surface area contributed by atoms with E-state index in [0.717, 1.165) is 72.5 Å². The second-order valence-electron chi connectivity index (χ2n) is 15.6. The molecule has 0 aliphatic heterocycles. The lowest BCUT2D eigenvalue weighted by atomic mass is 9.87. The fourth-order valence-electron chi connectivity index (χ4n) is 8.12. The van der Waals surface area contributed by atoms with Crippen LogP contribution in [0.25, 0.3) is 23.3 Å². The maximum absolute atomic E-state index is 12.8. The topological polar surface area (TPSA) is 153 Å². The lowest BCUT2D eigenvalue weighted by Gasteiger charge is -2.23. The van der Waals surface area contributed by atoms with Gasteiger partial charge in [0, 0.05) is 85.4 Å². The van der Waals surface area contributed by atoms with Gasteiger partial charge in [0.2, 0.25) is 13.1 Å². The van der Waals surface area contributed by atoms with Crippen LogP contribution < -0.4 is 29.6 Å². The molecule has 2 aliphatic carbocycles. The zero-order valence-corrected chi connectivity index (χ0v) is 37.2. The SMILES string of the molecule is O=C(C[n+]1ccc2c(c1)CCCC2=Cc1ccc(N(CCO)CCO)cc1)NCCSSCCNC(=O)C[n+]1ccc2c(c1)CCCC2=Cc1ccc(N(CCO)CCO)cc1. The van der Waals surface area contributed by atoms with Gasteiger partial charge in [-0.15, -0.1) is 0 Å². The number of carbonyl (C=O) groups is 2. The zero-order chi connectivity index (χ0) is 43.5. The van der Waals surface area contributed by atoms with Crippen LogP contribution in [0.4, 0.5) is 11.4 Å². The molecule has 4 aromatic rings. The van der Waals surface area contributed by atoms with Crippen molar-refractivity contribution in [1.29, 1.82) is 0 Å². The molecule has 2 aromatic carbocycles. The number of aromatic nitrogens is 2. The molecule has 14 heteroatoms. The van der Waals surface area contributed by atoms with Crippen LogP contribution in [0.1, 0.15) is 59.1 Å². The molecule has 0 atom stereocenters. The lowest BCUT2D eigenvalue weighted by Crippen LogP contribution is -2.43. The largest absolute Gasteiger partial charge is 0.395 e. The maximum Gasteiger partial charge on any atom is 0.286 e. The number of amides is 2. The fourth-order valence-corrected chi connectivity index (χ4v) is 9.94. The number of rotatable bonds is 23. The summed E-state index contributed by atoms with van der Waals surface area (Å²) in [6, 6.07) is 20.7. The van der Waals surface area contributed by atoms with Crippen molar-refractivity contribution in [2.24, 2.45) is 0 Å². The number of fused-ring (bicyclic) bond motifs is 2. The molecule has 6 rings (SSSR count). The Bertz CT molecular complexity index is 1970. The highest BCUT2D eigenvalue weighted by Gasteiger charge is 2.21. The highest BCUT2D eigenvalue weighted by atomic mass is 33.1. The Kier molecular flexibility index (Phi) is 18.7. The van der Waals surface area contributed by atoms with Gasteiger partial charge in [-0.2, -0.15) is 9.13 Å². The van der Waals surface area contributed by atoms with E-state index in [0.29, 0.717) is 39.3 Å². The van der Waals surface area contributed by atoms with Crippen molar-refractivity contribution >= 4 is 68.1 Å². The quantitative estimate of drug-likeness (QED) is 0.0368. The molecule has 0 spiro atoms. The molecule has 2 aromatic heterocycles. The molecule has 12 nitrogen and oxygen atoms in total. The Morgan fingerprint density at radius 3 is 1.32 bits per heavy atom. The van der Waals surface area contributed by atoms with Gasteiger partial charge in [-0.3, -0.25) is 9.59 Å². The smallest absolute Gasteiger partial charge is 0.286 e. The average molecular weight is 883 g/mol. The van der Waals surface area contributed by atoms with E-state index in [1.807, 2.05) is 55.6 Å². The van der Waals surface area contributed by atoms with E-state index in [2.05, 4.69) is 71.6 Å². The number of hydrogen-bond donors (Lipinski definition) is 6. The van der Waals surface area contributed by atoms with Crippen molar-refractivity contribution in [2.45, 2.75) is 51.6 Å². The first-order valence-electron chi connectivity index (χ1n) is 21.7. The van der Waals surface area contributed by atoms with E-state index in [1.165, 1.54) is 33.4 Å². The van der Waals surface area contributed by atoms with Gasteiger partial charge in [0.1, 0.15) is 0 Å². The minimum atomic E-state index is -0.0181. The molecule has 2 heterocycles. The lowest BCUT2D eigenvalue weighted by molar-refractivity contribution is -0.685. The summed E-state index contributed by atoms with van der Waals surface area (Å²) in [5.74, 6) is 1.51. The Morgan fingerprint density at radius 2 is 0.952 bits per heavy atom. The number of benzene rings is 2. The molecule has 0 saturated carbocycles. The standard InChI is InChI=1S/C48H60N6O6S2/c55-25-21-53(22-26-56)43-11-7-37(8-12-43)31-39-3-1-5-41-33-51(19-15-45(39)41)35-47(59)49-17-29-61-62-30-18-50-48(60)36-52-20-16-46-40(4-2-6-42(46)34-52)32-38-9-13-44(14-10-38)54(23-27-57)24-28-58/h7-16,19-20,31-34,55-58H,1-6,17-18,21-30,35-36H2/p+2. The summed E-state index contributed by atoms with van der Waals surface area (Å²) in [5.41, 5.74) is 11.7. The van der Waals surface area contributed by atoms with Gasteiger partial charge in [0.25, 0.3) is 11.8 Å². The van der Waals surface area contributed by atoms with Crippen LogP contribution >= 0.6 is 21.6 Å². The summed E-state index contributed by atoms with van der Waals surface area (Å²) < 4.78 is 3.92. The second kappa shape index (κ2) is 24.8. The second-order valence-corrected chi connectivity index (χ2v) is 18.3. The molecule has 62 heavy (non-hydrogen) atoms. The molecule has 6 N–H and O–H groups in total. The molecular formula is C48H62N6O6S2+2. The number of anilines is 2. The van der Waals surface area contributed by atoms with Gasteiger partial charge < -0.3 is 40.9 Å².